The van der Waals surface area contributed by atoms with Crippen molar-refractivity contribution in [2.24, 2.45) is 11.8 Å². The number of likely N-dealkylation sites (tertiary alicyclic amines) is 1. The van der Waals surface area contributed by atoms with E-state index in [4.69, 9.17) is 4.74 Å². The van der Waals surface area contributed by atoms with Gasteiger partial charge in [-0.1, -0.05) is 42.5 Å². The van der Waals surface area contributed by atoms with Gasteiger partial charge in [0.25, 0.3) is 0 Å². The third kappa shape index (κ3) is 2.84. The van der Waals surface area contributed by atoms with Crippen LogP contribution in [0.15, 0.2) is 54.6 Å². The number of imide groups is 1. The molecule has 1 N–H and O–H groups in total. The molecule has 0 spiro atoms. The maximum absolute atomic E-state index is 13.5. The van der Waals surface area contributed by atoms with Gasteiger partial charge in [-0.25, -0.2) is 9.18 Å². The predicted molar refractivity (Wildman–Crippen MR) is 106 cm³/mol. The number of halogens is 1. The summed E-state index contributed by atoms with van der Waals surface area (Å²) in [6.07, 6.45) is 0. The topological polar surface area (TPSA) is 75.7 Å². The van der Waals surface area contributed by atoms with Crippen molar-refractivity contribution in [2.75, 3.05) is 13.2 Å². The lowest BCUT2D eigenvalue weighted by Crippen LogP contribution is -2.53. The van der Waals surface area contributed by atoms with Gasteiger partial charge in [-0.3, -0.25) is 19.8 Å². The summed E-state index contributed by atoms with van der Waals surface area (Å²) in [6.45, 7) is 3.77. The van der Waals surface area contributed by atoms with E-state index < -0.39 is 41.1 Å². The molecule has 0 aromatic heterocycles. The van der Waals surface area contributed by atoms with Gasteiger partial charge in [0, 0.05) is 12.6 Å². The lowest BCUT2D eigenvalue weighted by Gasteiger charge is -2.33. The SMILES string of the molecule is CCOC(=O)[C@]1(c2ccccc2)N[C@@H](c2ccc(F)cc2)[C@@H]2C(=O)N(CC)C(=O)[C@H]21. The molecule has 2 saturated heterocycles. The molecule has 2 amide bonds. The van der Waals surface area contributed by atoms with Crippen LogP contribution >= 0.6 is 0 Å². The Labute approximate surface area is 174 Å². The number of hydrogen-bond donors (Lipinski definition) is 1. The summed E-state index contributed by atoms with van der Waals surface area (Å²) >= 11 is 0. The molecule has 30 heavy (non-hydrogen) atoms. The first-order chi connectivity index (χ1) is 14.5. The number of benzene rings is 2. The number of amides is 2. The summed E-state index contributed by atoms with van der Waals surface area (Å²) in [5, 5.41) is 3.28. The largest absolute Gasteiger partial charge is 0.464 e. The van der Waals surface area contributed by atoms with Crippen molar-refractivity contribution in [3.63, 3.8) is 0 Å². The van der Waals surface area contributed by atoms with Crippen molar-refractivity contribution in [1.29, 1.82) is 0 Å². The molecule has 0 aliphatic carbocycles. The van der Waals surface area contributed by atoms with Crippen LogP contribution in [0, 0.1) is 17.7 Å². The summed E-state index contributed by atoms with van der Waals surface area (Å²) in [4.78, 5) is 41.1. The van der Waals surface area contributed by atoms with Crippen molar-refractivity contribution in [2.45, 2.75) is 25.4 Å². The van der Waals surface area contributed by atoms with E-state index in [0.29, 0.717) is 11.1 Å². The van der Waals surface area contributed by atoms with E-state index >= 15 is 0 Å². The Bertz CT molecular complexity index is 978. The fourth-order valence-electron chi connectivity index (χ4n) is 4.75. The molecule has 0 radical (unpaired) electrons. The first-order valence-electron chi connectivity index (χ1n) is 10.1. The van der Waals surface area contributed by atoms with Crippen LogP contribution in [0.5, 0.6) is 0 Å². The Morgan fingerprint density at radius 1 is 1.07 bits per heavy atom. The minimum Gasteiger partial charge on any atom is -0.464 e. The van der Waals surface area contributed by atoms with Gasteiger partial charge in [0.2, 0.25) is 11.8 Å². The molecule has 2 aromatic rings. The highest BCUT2D eigenvalue weighted by atomic mass is 19.1. The number of nitrogens with one attached hydrogen (secondary N) is 1. The number of carbonyl (C=O) groups excluding carboxylic acids is 3. The van der Waals surface area contributed by atoms with Gasteiger partial charge in [-0.05, 0) is 37.1 Å². The normalized spacial score (nSPS) is 28.0. The minimum atomic E-state index is -1.52. The zero-order valence-corrected chi connectivity index (χ0v) is 16.8. The number of fused-ring (bicyclic) bond motifs is 1. The van der Waals surface area contributed by atoms with E-state index in [0.717, 1.165) is 0 Å². The summed E-state index contributed by atoms with van der Waals surface area (Å²) < 4.78 is 18.9. The molecule has 0 bridgehead atoms. The highest BCUT2D eigenvalue weighted by molar-refractivity contribution is 6.09. The number of rotatable bonds is 5. The van der Waals surface area contributed by atoms with Gasteiger partial charge in [-0.15, -0.1) is 0 Å². The monoisotopic (exact) mass is 410 g/mol. The maximum Gasteiger partial charge on any atom is 0.331 e. The molecule has 6 nitrogen and oxygen atoms in total. The zero-order chi connectivity index (χ0) is 21.5. The number of carbonyl (C=O) groups is 3. The van der Waals surface area contributed by atoms with Crippen molar-refractivity contribution in [1.82, 2.24) is 10.2 Å². The van der Waals surface area contributed by atoms with Crippen LogP contribution in [0.3, 0.4) is 0 Å². The van der Waals surface area contributed by atoms with Crippen molar-refractivity contribution in [3.8, 4) is 0 Å². The molecule has 7 heteroatoms. The maximum atomic E-state index is 13.5. The van der Waals surface area contributed by atoms with Crippen LogP contribution in [0.4, 0.5) is 4.39 Å². The number of ether oxygens (including phenoxy) is 1. The average Bonchev–Trinajstić information content (AvgIpc) is 3.24. The highest BCUT2D eigenvalue weighted by Crippen LogP contribution is 2.53. The van der Waals surface area contributed by atoms with Crippen molar-refractivity contribution < 1.29 is 23.5 Å². The number of hydrogen-bond acceptors (Lipinski definition) is 5. The third-order valence-electron chi connectivity index (χ3n) is 6.02. The molecule has 2 heterocycles. The quantitative estimate of drug-likeness (QED) is 0.606. The molecule has 2 aromatic carbocycles. The Kier molecular flexibility index (Phi) is 5.15. The number of nitrogens with zero attached hydrogens (tertiary/aromatic N) is 1. The first kappa shape index (κ1) is 20.2. The molecule has 4 rings (SSSR count). The molecule has 4 atom stereocenters. The molecular weight excluding hydrogens is 387 g/mol. The van der Waals surface area contributed by atoms with Gasteiger partial charge in [0.1, 0.15) is 5.82 Å². The minimum absolute atomic E-state index is 0.132. The second kappa shape index (κ2) is 7.65. The standard InChI is InChI=1S/C23H23FN2O4/c1-3-26-20(27)17-18(21(26)28)23(22(29)30-4-2,15-8-6-5-7-9-15)25-19(17)14-10-12-16(24)13-11-14/h5-13,17-19,25H,3-4H2,1-2H3/t17-,18+,19+,23-/m1/s1. The Morgan fingerprint density at radius 2 is 1.73 bits per heavy atom. The Morgan fingerprint density at radius 3 is 2.33 bits per heavy atom. The van der Waals surface area contributed by atoms with Crippen LogP contribution in [-0.4, -0.2) is 35.8 Å². The van der Waals surface area contributed by atoms with E-state index in [2.05, 4.69) is 5.32 Å². The van der Waals surface area contributed by atoms with Gasteiger partial charge in [0.05, 0.1) is 18.4 Å². The summed E-state index contributed by atoms with van der Waals surface area (Å²) in [6, 6.07) is 14.0. The first-order valence-corrected chi connectivity index (χ1v) is 10.1. The van der Waals surface area contributed by atoms with Crippen LogP contribution < -0.4 is 5.32 Å². The van der Waals surface area contributed by atoms with Crippen LogP contribution in [0.1, 0.15) is 31.0 Å². The molecule has 2 fully saturated rings. The zero-order valence-electron chi connectivity index (χ0n) is 16.8. The van der Waals surface area contributed by atoms with Crippen molar-refractivity contribution in [3.05, 3.63) is 71.5 Å². The van der Waals surface area contributed by atoms with E-state index in [-0.39, 0.29) is 19.1 Å². The highest BCUT2D eigenvalue weighted by Gasteiger charge is 2.69. The fraction of sp³-hybridized carbons (Fsp3) is 0.348. The second-order valence-corrected chi connectivity index (χ2v) is 7.49. The van der Waals surface area contributed by atoms with Gasteiger partial charge >= 0.3 is 5.97 Å². The van der Waals surface area contributed by atoms with E-state index in [1.165, 1.54) is 17.0 Å². The lowest BCUT2D eigenvalue weighted by molar-refractivity contribution is -0.157. The average molecular weight is 410 g/mol. The van der Waals surface area contributed by atoms with Gasteiger partial charge in [-0.2, -0.15) is 0 Å². The van der Waals surface area contributed by atoms with E-state index in [1.54, 1.807) is 50.2 Å². The van der Waals surface area contributed by atoms with Crippen molar-refractivity contribution >= 4 is 17.8 Å². The number of esters is 1. The fourth-order valence-corrected chi connectivity index (χ4v) is 4.75. The predicted octanol–water partition coefficient (Wildman–Crippen LogP) is 2.55. The lowest BCUT2D eigenvalue weighted by atomic mass is 9.75. The van der Waals surface area contributed by atoms with Crippen LogP contribution in [0.25, 0.3) is 0 Å². The summed E-state index contributed by atoms with van der Waals surface area (Å²) in [7, 11) is 0. The van der Waals surface area contributed by atoms with Crippen LogP contribution in [0.2, 0.25) is 0 Å². The van der Waals surface area contributed by atoms with E-state index in [9.17, 15) is 18.8 Å². The molecule has 2 aliphatic heterocycles. The summed E-state index contributed by atoms with van der Waals surface area (Å²) in [5.74, 6) is -3.50. The smallest absolute Gasteiger partial charge is 0.331 e. The van der Waals surface area contributed by atoms with Gasteiger partial charge < -0.3 is 4.74 Å². The molecule has 156 valence electrons. The third-order valence-corrected chi connectivity index (χ3v) is 6.02. The van der Waals surface area contributed by atoms with Crippen LogP contribution in [-0.2, 0) is 24.7 Å². The molecule has 0 unspecified atom stereocenters. The molecular formula is C23H23FN2O4. The molecule has 0 saturated carbocycles. The Hall–Kier alpha value is -3.06. The Balaban J connectivity index is 1.93. The molecule has 2 aliphatic rings. The van der Waals surface area contributed by atoms with E-state index in [1.807, 2.05) is 6.07 Å². The summed E-state index contributed by atoms with van der Waals surface area (Å²) in [5.41, 5.74) is -0.327. The van der Waals surface area contributed by atoms with Gasteiger partial charge in [0.15, 0.2) is 5.54 Å². The second-order valence-electron chi connectivity index (χ2n) is 7.49.